The first-order valence-electron chi connectivity index (χ1n) is 7.66. The normalized spacial score (nSPS) is 11.0. The van der Waals surface area contributed by atoms with Gasteiger partial charge in [0.15, 0.2) is 0 Å². The minimum atomic E-state index is -0.166. The van der Waals surface area contributed by atoms with E-state index in [2.05, 4.69) is 31.4 Å². The standard InChI is InChI=1S/C15H22N6O2S2/c1-3-18-20-13-6-5-12(11-17-13)15(23)16-8-10-25-24-9-7-14(22)21-19-4-2/h3-6,11H,7-10H2,1-2H3,(H,16,23)(H,17,20)(H,21,22)/b18-3-,19-4-. The van der Waals surface area contributed by atoms with E-state index in [4.69, 9.17) is 0 Å². The van der Waals surface area contributed by atoms with Gasteiger partial charge in [0.05, 0.1) is 5.56 Å². The van der Waals surface area contributed by atoms with Crippen LogP contribution in [-0.2, 0) is 4.79 Å². The summed E-state index contributed by atoms with van der Waals surface area (Å²) < 4.78 is 0. The van der Waals surface area contributed by atoms with Crippen molar-refractivity contribution in [1.82, 2.24) is 15.7 Å². The van der Waals surface area contributed by atoms with Crippen LogP contribution in [0.5, 0.6) is 0 Å². The zero-order valence-electron chi connectivity index (χ0n) is 14.2. The third-order valence-electron chi connectivity index (χ3n) is 2.62. The molecule has 0 saturated carbocycles. The van der Waals surface area contributed by atoms with Gasteiger partial charge in [-0.2, -0.15) is 10.2 Å². The molecule has 1 aromatic rings. The van der Waals surface area contributed by atoms with Gasteiger partial charge in [-0.25, -0.2) is 10.4 Å². The number of nitrogens with one attached hydrogen (secondary N) is 3. The molecule has 0 atom stereocenters. The lowest BCUT2D eigenvalue weighted by molar-refractivity contribution is -0.120. The van der Waals surface area contributed by atoms with Crippen LogP contribution in [0.2, 0.25) is 0 Å². The zero-order valence-corrected chi connectivity index (χ0v) is 15.8. The van der Waals surface area contributed by atoms with Gasteiger partial charge >= 0.3 is 0 Å². The number of anilines is 1. The SMILES string of the molecule is C/C=N\NC(=O)CCSSCCNC(=O)c1ccc(N/N=C\C)nc1. The minimum absolute atomic E-state index is 0.102. The van der Waals surface area contributed by atoms with E-state index < -0.39 is 0 Å². The molecule has 0 aliphatic rings. The van der Waals surface area contributed by atoms with Crippen LogP contribution in [0.15, 0.2) is 28.5 Å². The van der Waals surface area contributed by atoms with Crippen LogP contribution in [0.25, 0.3) is 0 Å². The number of nitrogens with zero attached hydrogens (tertiary/aromatic N) is 3. The highest BCUT2D eigenvalue weighted by molar-refractivity contribution is 8.76. The molecule has 0 aliphatic heterocycles. The molecule has 1 rings (SSSR count). The predicted octanol–water partition coefficient (Wildman–Crippen LogP) is 2.12. The summed E-state index contributed by atoms with van der Waals surface area (Å²) in [5.41, 5.74) is 5.65. The summed E-state index contributed by atoms with van der Waals surface area (Å²) >= 11 is 0. The predicted molar refractivity (Wildman–Crippen MR) is 106 cm³/mol. The smallest absolute Gasteiger partial charge is 0.252 e. The lowest BCUT2D eigenvalue weighted by Gasteiger charge is -2.05. The topological polar surface area (TPSA) is 108 Å². The van der Waals surface area contributed by atoms with E-state index in [-0.39, 0.29) is 11.8 Å². The third kappa shape index (κ3) is 9.72. The number of rotatable bonds is 11. The van der Waals surface area contributed by atoms with Gasteiger partial charge in [0.2, 0.25) is 5.91 Å². The summed E-state index contributed by atoms with van der Waals surface area (Å²) in [5, 5.41) is 10.3. The van der Waals surface area contributed by atoms with E-state index in [0.717, 1.165) is 5.75 Å². The summed E-state index contributed by atoms with van der Waals surface area (Å²) in [7, 11) is 3.20. The maximum Gasteiger partial charge on any atom is 0.252 e. The highest BCUT2D eigenvalue weighted by Gasteiger charge is 2.05. The fourth-order valence-electron chi connectivity index (χ4n) is 1.48. The molecular formula is C15H22N6O2S2. The summed E-state index contributed by atoms with van der Waals surface area (Å²) in [6, 6.07) is 3.38. The second-order valence-corrected chi connectivity index (χ2v) is 7.21. The van der Waals surface area contributed by atoms with Crippen LogP contribution >= 0.6 is 21.6 Å². The number of hydrogen-bond acceptors (Lipinski definition) is 8. The molecule has 0 aromatic carbocycles. The summed E-state index contributed by atoms with van der Waals surface area (Å²) in [6.07, 6.45) is 5.06. The van der Waals surface area contributed by atoms with E-state index in [1.807, 2.05) is 0 Å². The number of amides is 2. The Bertz CT molecular complexity index is 592. The molecule has 0 bridgehead atoms. The van der Waals surface area contributed by atoms with Crippen molar-refractivity contribution in [3.63, 3.8) is 0 Å². The molecule has 10 heteroatoms. The highest BCUT2D eigenvalue weighted by atomic mass is 33.1. The van der Waals surface area contributed by atoms with Crippen LogP contribution < -0.4 is 16.2 Å². The molecule has 0 fully saturated rings. The first kappa shape index (κ1) is 21.0. The van der Waals surface area contributed by atoms with Gasteiger partial charge in [-0.15, -0.1) is 0 Å². The van der Waals surface area contributed by atoms with Crippen molar-refractivity contribution >= 4 is 51.6 Å². The van der Waals surface area contributed by atoms with Crippen molar-refractivity contribution in [3.05, 3.63) is 23.9 Å². The molecule has 1 aromatic heterocycles. The molecular weight excluding hydrogens is 360 g/mol. The van der Waals surface area contributed by atoms with Gasteiger partial charge < -0.3 is 5.32 Å². The largest absolute Gasteiger partial charge is 0.351 e. The van der Waals surface area contributed by atoms with Crippen molar-refractivity contribution in [1.29, 1.82) is 0 Å². The van der Waals surface area contributed by atoms with Gasteiger partial charge in [-0.1, -0.05) is 21.6 Å². The van der Waals surface area contributed by atoms with Gasteiger partial charge in [0.1, 0.15) is 5.82 Å². The number of carbonyl (C=O) groups excluding carboxylic acids is 2. The van der Waals surface area contributed by atoms with Gasteiger partial charge in [0, 0.05) is 43.1 Å². The number of aromatic nitrogens is 1. The lowest BCUT2D eigenvalue weighted by Crippen LogP contribution is -2.25. The molecule has 136 valence electrons. The molecule has 0 spiro atoms. The Labute approximate surface area is 155 Å². The second kappa shape index (κ2) is 13.2. The fraction of sp³-hybridized carbons (Fsp3) is 0.400. The molecule has 0 aliphatic carbocycles. The Morgan fingerprint density at radius 1 is 1.16 bits per heavy atom. The molecule has 3 N–H and O–H groups in total. The van der Waals surface area contributed by atoms with E-state index in [9.17, 15) is 9.59 Å². The van der Waals surface area contributed by atoms with Gasteiger partial charge in [0.25, 0.3) is 5.91 Å². The first-order chi connectivity index (χ1) is 12.2. The second-order valence-electron chi connectivity index (χ2n) is 4.50. The molecule has 0 saturated heterocycles. The van der Waals surface area contributed by atoms with Crippen molar-refractivity contribution in [3.8, 4) is 0 Å². The molecule has 25 heavy (non-hydrogen) atoms. The Morgan fingerprint density at radius 3 is 2.60 bits per heavy atom. The van der Waals surface area contributed by atoms with E-state index in [1.165, 1.54) is 12.4 Å². The minimum Gasteiger partial charge on any atom is -0.351 e. The highest BCUT2D eigenvalue weighted by Crippen LogP contribution is 2.21. The maximum atomic E-state index is 12.0. The monoisotopic (exact) mass is 382 g/mol. The Hall–Kier alpha value is -2.07. The average molecular weight is 383 g/mol. The molecule has 0 radical (unpaired) electrons. The molecule has 1 heterocycles. The van der Waals surface area contributed by atoms with E-state index in [1.54, 1.807) is 53.8 Å². The van der Waals surface area contributed by atoms with Crippen LogP contribution in [0.3, 0.4) is 0 Å². The average Bonchev–Trinajstić information content (AvgIpc) is 2.64. The van der Waals surface area contributed by atoms with Crippen LogP contribution in [0.1, 0.15) is 30.6 Å². The molecule has 2 amide bonds. The van der Waals surface area contributed by atoms with Crippen LogP contribution in [0, 0.1) is 0 Å². The van der Waals surface area contributed by atoms with E-state index in [0.29, 0.717) is 30.1 Å². The number of hydrazone groups is 2. The quantitative estimate of drug-likeness (QED) is 0.234. The maximum absolute atomic E-state index is 12.0. The third-order valence-corrected chi connectivity index (χ3v) is 5.03. The Balaban J connectivity index is 2.13. The summed E-state index contributed by atoms with van der Waals surface area (Å²) in [6.45, 7) is 4.07. The fourth-order valence-corrected chi connectivity index (χ4v) is 3.37. The Kier molecular flexibility index (Phi) is 11.1. The summed E-state index contributed by atoms with van der Waals surface area (Å²) in [5.74, 6) is 1.76. The summed E-state index contributed by atoms with van der Waals surface area (Å²) in [4.78, 5) is 27.4. The lowest BCUT2D eigenvalue weighted by atomic mass is 10.2. The first-order valence-corrected chi connectivity index (χ1v) is 10.1. The van der Waals surface area contributed by atoms with Gasteiger partial charge in [-0.3, -0.25) is 15.0 Å². The Morgan fingerprint density at radius 2 is 1.92 bits per heavy atom. The number of hydrogen-bond donors (Lipinski definition) is 3. The van der Waals surface area contributed by atoms with E-state index >= 15 is 0 Å². The molecule has 0 unspecified atom stereocenters. The molecule has 8 nitrogen and oxygen atoms in total. The van der Waals surface area contributed by atoms with Gasteiger partial charge in [-0.05, 0) is 26.0 Å². The number of pyridine rings is 1. The van der Waals surface area contributed by atoms with Crippen molar-refractivity contribution < 1.29 is 9.59 Å². The van der Waals surface area contributed by atoms with Crippen LogP contribution in [0.4, 0.5) is 5.82 Å². The van der Waals surface area contributed by atoms with Crippen LogP contribution in [-0.4, -0.2) is 47.3 Å². The van der Waals surface area contributed by atoms with Crippen molar-refractivity contribution in [2.45, 2.75) is 20.3 Å². The zero-order chi connectivity index (χ0) is 18.3. The van der Waals surface area contributed by atoms with Crippen molar-refractivity contribution in [2.75, 3.05) is 23.5 Å². The number of carbonyl (C=O) groups is 2. The van der Waals surface area contributed by atoms with Crippen molar-refractivity contribution in [2.24, 2.45) is 10.2 Å².